The van der Waals surface area contributed by atoms with Gasteiger partial charge in [-0.25, -0.2) is 0 Å². The van der Waals surface area contributed by atoms with Crippen LogP contribution in [0.15, 0.2) is 27.5 Å². The Hall–Kier alpha value is -1.31. The van der Waals surface area contributed by atoms with E-state index in [9.17, 15) is 4.79 Å². The molecule has 0 fully saturated rings. The summed E-state index contributed by atoms with van der Waals surface area (Å²) in [6, 6.07) is 7.23. The second-order valence-corrected chi connectivity index (χ2v) is 4.62. The number of fused-ring (bicyclic) bond motifs is 1. The third-order valence-electron chi connectivity index (χ3n) is 2.41. The fraction of sp³-hybridized carbons (Fsp3) is 0.0909. The van der Waals surface area contributed by atoms with Gasteiger partial charge < -0.3 is 4.57 Å². The molecular formula is C11H6BrClN2O. The number of hydrogen-bond donors (Lipinski definition) is 0. The minimum absolute atomic E-state index is 0.0148. The first-order chi connectivity index (χ1) is 7.56. The minimum atomic E-state index is -0.377. The van der Waals surface area contributed by atoms with Gasteiger partial charge in [0.1, 0.15) is 11.6 Å². The van der Waals surface area contributed by atoms with Crippen LogP contribution in [0.25, 0.3) is 10.9 Å². The summed E-state index contributed by atoms with van der Waals surface area (Å²) < 4.78 is 2.28. The highest BCUT2D eigenvalue weighted by Crippen LogP contribution is 2.26. The summed E-state index contributed by atoms with van der Waals surface area (Å²) in [5.41, 5.74) is 0.306. The highest BCUT2D eigenvalue weighted by atomic mass is 79.9. The molecule has 0 saturated heterocycles. The molecule has 0 aliphatic rings. The summed E-state index contributed by atoms with van der Waals surface area (Å²) >= 11 is 9.35. The lowest BCUT2D eigenvalue weighted by atomic mass is 10.1. The van der Waals surface area contributed by atoms with Crippen molar-refractivity contribution in [3.63, 3.8) is 0 Å². The number of nitriles is 1. The van der Waals surface area contributed by atoms with E-state index in [0.717, 1.165) is 4.47 Å². The molecule has 2 aromatic rings. The molecule has 5 heteroatoms. The van der Waals surface area contributed by atoms with Gasteiger partial charge in [0.2, 0.25) is 0 Å². The topological polar surface area (TPSA) is 45.8 Å². The van der Waals surface area contributed by atoms with Crippen molar-refractivity contribution in [3.05, 3.63) is 43.6 Å². The largest absolute Gasteiger partial charge is 0.310 e. The molecule has 0 unspecified atom stereocenters. The fourth-order valence-corrected chi connectivity index (χ4v) is 2.20. The Labute approximate surface area is 105 Å². The highest BCUT2D eigenvalue weighted by Gasteiger charge is 2.13. The van der Waals surface area contributed by atoms with Crippen LogP contribution in [-0.4, -0.2) is 4.57 Å². The van der Waals surface area contributed by atoms with E-state index in [0.29, 0.717) is 10.9 Å². The van der Waals surface area contributed by atoms with Crippen molar-refractivity contribution in [3.8, 4) is 6.07 Å². The zero-order chi connectivity index (χ0) is 11.9. The van der Waals surface area contributed by atoms with Gasteiger partial charge in [-0.3, -0.25) is 4.79 Å². The van der Waals surface area contributed by atoms with Crippen molar-refractivity contribution >= 4 is 38.4 Å². The number of pyridine rings is 1. The first kappa shape index (κ1) is 11.2. The summed E-state index contributed by atoms with van der Waals surface area (Å²) in [5, 5.41) is 9.79. The average molecular weight is 298 g/mol. The molecule has 2 rings (SSSR count). The van der Waals surface area contributed by atoms with Crippen LogP contribution in [0.5, 0.6) is 0 Å². The molecule has 1 aromatic carbocycles. The Morgan fingerprint density at radius 2 is 2.19 bits per heavy atom. The fourth-order valence-electron chi connectivity index (χ4n) is 1.57. The van der Waals surface area contributed by atoms with Crippen molar-refractivity contribution in [2.24, 2.45) is 7.05 Å². The van der Waals surface area contributed by atoms with Gasteiger partial charge in [-0.1, -0.05) is 33.6 Å². The lowest BCUT2D eigenvalue weighted by Gasteiger charge is -2.08. The maximum absolute atomic E-state index is 11.8. The molecule has 3 nitrogen and oxygen atoms in total. The summed E-state index contributed by atoms with van der Waals surface area (Å²) in [6.45, 7) is 0. The van der Waals surface area contributed by atoms with Crippen molar-refractivity contribution in [2.75, 3.05) is 0 Å². The van der Waals surface area contributed by atoms with E-state index in [-0.39, 0.29) is 16.1 Å². The number of hydrogen-bond acceptors (Lipinski definition) is 2. The third-order valence-corrected chi connectivity index (χ3v) is 3.29. The van der Waals surface area contributed by atoms with Gasteiger partial charge >= 0.3 is 0 Å². The van der Waals surface area contributed by atoms with Crippen LogP contribution in [-0.2, 0) is 7.05 Å². The third kappa shape index (κ3) is 1.53. The summed E-state index contributed by atoms with van der Waals surface area (Å²) in [6.07, 6.45) is 0. The second kappa shape index (κ2) is 3.93. The zero-order valence-corrected chi connectivity index (χ0v) is 10.6. The van der Waals surface area contributed by atoms with Crippen molar-refractivity contribution < 1.29 is 0 Å². The van der Waals surface area contributed by atoms with Gasteiger partial charge in [0.05, 0.1) is 10.5 Å². The van der Waals surface area contributed by atoms with E-state index in [2.05, 4.69) is 15.9 Å². The normalized spacial score (nSPS) is 10.4. The molecule has 0 saturated carbocycles. The molecule has 1 heterocycles. The van der Waals surface area contributed by atoms with Crippen LogP contribution in [0.4, 0.5) is 0 Å². The Kier molecular flexibility index (Phi) is 2.75. The molecule has 0 amide bonds. The molecule has 0 atom stereocenters. The van der Waals surface area contributed by atoms with Crippen molar-refractivity contribution in [1.82, 2.24) is 4.57 Å². The number of halogens is 2. The quantitative estimate of drug-likeness (QED) is 0.750. The highest BCUT2D eigenvalue weighted by molar-refractivity contribution is 9.10. The van der Waals surface area contributed by atoms with Gasteiger partial charge in [-0.15, -0.1) is 0 Å². The number of benzene rings is 1. The van der Waals surface area contributed by atoms with Crippen LogP contribution in [0.2, 0.25) is 5.02 Å². The van der Waals surface area contributed by atoms with E-state index in [1.807, 2.05) is 12.1 Å². The molecule has 0 aliphatic heterocycles. The SMILES string of the molecule is Cn1c(=O)c(C#N)c(Cl)c2ccc(Br)cc21. The molecule has 0 aliphatic carbocycles. The van der Waals surface area contributed by atoms with Crippen molar-refractivity contribution in [1.29, 1.82) is 5.26 Å². The lowest BCUT2D eigenvalue weighted by molar-refractivity contribution is 0.901. The molecule has 0 N–H and O–H groups in total. The maximum atomic E-state index is 11.8. The standard InChI is InChI=1S/C11H6BrClN2O/c1-15-9-4-6(12)2-3-7(9)10(13)8(5-14)11(15)16/h2-4H,1H3. The average Bonchev–Trinajstić information content (AvgIpc) is 2.27. The number of aromatic nitrogens is 1. The van der Waals surface area contributed by atoms with Gasteiger partial charge in [0.15, 0.2) is 0 Å². The number of rotatable bonds is 0. The van der Waals surface area contributed by atoms with Gasteiger partial charge in [-0.2, -0.15) is 5.26 Å². The van der Waals surface area contributed by atoms with E-state index in [1.54, 1.807) is 19.2 Å². The van der Waals surface area contributed by atoms with Gasteiger partial charge in [-0.05, 0) is 12.1 Å². The Bertz CT molecular complexity index is 685. The Morgan fingerprint density at radius 3 is 2.81 bits per heavy atom. The van der Waals surface area contributed by atoms with E-state index < -0.39 is 0 Å². The summed E-state index contributed by atoms with van der Waals surface area (Å²) in [4.78, 5) is 11.8. The predicted octanol–water partition coefficient (Wildman–Crippen LogP) is 2.83. The van der Waals surface area contributed by atoms with Crippen LogP contribution in [0.1, 0.15) is 5.56 Å². The van der Waals surface area contributed by atoms with E-state index in [4.69, 9.17) is 16.9 Å². The first-order valence-electron chi connectivity index (χ1n) is 4.44. The molecule has 0 spiro atoms. The number of nitrogens with zero attached hydrogens (tertiary/aromatic N) is 2. The van der Waals surface area contributed by atoms with Crippen LogP contribution in [0, 0.1) is 11.3 Å². The van der Waals surface area contributed by atoms with E-state index >= 15 is 0 Å². The molecule has 0 radical (unpaired) electrons. The molecule has 80 valence electrons. The van der Waals surface area contributed by atoms with E-state index in [1.165, 1.54) is 4.57 Å². The molecule has 0 bridgehead atoms. The smallest absolute Gasteiger partial charge is 0.270 e. The monoisotopic (exact) mass is 296 g/mol. The van der Waals surface area contributed by atoms with Crippen molar-refractivity contribution in [2.45, 2.75) is 0 Å². The van der Waals surface area contributed by atoms with Crippen LogP contribution in [0.3, 0.4) is 0 Å². The number of aryl methyl sites for hydroxylation is 1. The maximum Gasteiger partial charge on any atom is 0.270 e. The zero-order valence-electron chi connectivity index (χ0n) is 8.29. The first-order valence-corrected chi connectivity index (χ1v) is 5.61. The second-order valence-electron chi connectivity index (χ2n) is 3.33. The summed E-state index contributed by atoms with van der Waals surface area (Å²) in [5.74, 6) is 0. The van der Waals surface area contributed by atoms with Gasteiger partial charge in [0, 0.05) is 16.9 Å². The minimum Gasteiger partial charge on any atom is -0.310 e. The Balaban J connectivity index is 3.09. The summed E-state index contributed by atoms with van der Waals surface area (Å²) in [7, 11) is 1.62. The lowest BCUT2D eigenvalue weighted by Crippen LogP contribution is -2.20. The Morgan fingerprint density at radius 1 is 1.50 bits per heavy atom. The predicted molar refractivity (Wildman–Crippen MR) is 66.6 cm³/mol. The van der Waals surface area contributed by atoms with Gasteiger partial charge in [0.25, 0.3) is 5.56 Å². The molecular weight excluding hydrogens is 291 g/mol. The van der Waals surface area contributed by atoms with Crippen LogP contribution < -0.4 is 5.56 Å². The molecule has 1 aromatic heterocycles. The van der Waals surface area contributed by atoms with Crippen LogP contribution >= 0.6 is 27.5 Å². The molecule has 16 heavy (non-hydrogen) atoms.